The van der Waals surface area contributed by atoms with Crippen molar-refractivity contribution in [1.82, 2.24) is 18.9 Å². The van der Waals surface area contributed by atoms with E-state index in [-0.39, 0.29) is 17.5 Å². The summed E-state index contributed by atoms with van der Waals surface area (Å²) < 4.78 is 12.0. The molecule has 1 amide bonds. The number of carbonyl (C=O) groups is 2. The van der Waals surface area contributed by atoms with Gasteiger partial charge in [0.1, 0.15) is 11.4 Å². The Hall–Kier alpha value is -4.73. The topological polar surface area (TPSA) is 94.5 Å². The lowest BCUT2D eigenvalue weighted by Gasteiger charge is -2.35. The predicted molar refractivity (Wildman–Crippen MR) is 200 cm³/mol. The van der Waals surface area contributed by atoms with Crippen molar-refractivity contribution in [2.45, 2.75) is 53.5 Å². The number of hydrogen-bond donors (Lipinski definition) is 1. The number of fused-ring (bicyclic) bond motifs is 4. The van der Waals surface area contributed by atoms with Gasteiger partial charge in [0, 0.05) is 65.5 Å². The zero-order chi connectivity index (χ0) is 35.8. The molecule has 3 aromatic carbocycles. The normalized spacial score (nSPS) is 14.6. The first kappa shape index (κ1) is 33.8. The maximum absolute atomic E-state index is 15.0. The Bertz CT molecular complexity index is 2360. The Balaban J connectivity index is 1.38. The summed E-state index contributed by atoms with van der Waals surface area (Å²) in [6.07, 6.45) is 2.85. The second kappa shape index (κ2) is 12.5. The van der Waals surface area contributed by atoms with Crippen LogP contribution in [0.15, 0.2) is 48.7 Å². The summed E-state index contributed by atoms with van der Waals surface area (Å²) in [6, 6.07) is 13.2. The molecular formula is C39H39Cl2N5O4. The molecule has 0 saturated carbocycles. The molecule has 9 nitrogen and oxygen atoms in total. The number of nitrogens with zero attached hydrogens (tertiary/aromatic N) is 5. The monoisotopic (exact) mass is 711 g/mol. The highest BCUT2D eigenvalue weighted by atomic mass is 35.5. The standard InChI is InChI=1S/C39H39Cl2N5O4/c1-20-16-25(17-21(2)34(20)41)50-15-9-11-26-28-13-14-30(40)33(32-23(4)42-44(7)24(32)5)36(28)46-22(3)18-45(38(47)37(26)46)31-12-8-10-27-29(39(48)49)19-43(6)35(27)31/h8,10,12-14,16-17,19,22H,9,11,15,18H2,1-7H3,(H,48,49). The highest BCUT2D eigenvalue weighted by Gasteiger charge is 2.37. The molecule has 11 heteroatoms. The number of aryl methyl sites for hydroxylation is 6. The molecule has 6 aromatic rings. The molecule has 0 bridgehead atoms. The Morgan fingerprint density at radius 2 is 1.72 bits per heavy atom. The van der Waals surface area contributed by atoms with Crippen LogP contribution in [0.2, 0.25) is 10.0 Å². The van der Waals surface area contributed by atoms with E-state index in [2.05, 4.69) is 11.5 Å². The van der Waals surface area contributed by atoms with Gasteiger partial charge in [0.2, 0.25) is 0 Å². The molecule has 50 heavy (non-hydrogen) atoms. The Morgan fingerprint density at radius 1 is 1.00 bits per heavy atom. The van der Waals surface area contributed by atoms with Crippen LogP contribution in [0.4, 0.5) is 5.69 Å². The predicted octanol–water partition coefficient (Wildman–Crippen LogP) is 9.01. The number of hydrogen-bond acceptors (Lipinski definition) is 4. The number of para-hydroxylation sites is 1. The number of ether oxygens (including phenoxy) is 1. The molecule has 3 aromatic heterocycles. The lowest BCUT2D eigenvalue weighted by molar-refractivity contribution is 0.0698. The number of aromatic carboxylic acids is 1. The van der Waals surface area contributed by atoms with Crippen molar-refractivity contribution in [3.05, 3.63) is 98.0 Å². The lowest BCUT2D eigenvalue weighted by atomic mass is 9.98. The van der Waals surface area contributed by atoms with E-state index in [0.29, 0.717) is 53.3 Å². The number of rotatable bonds is 8. The minimum Gasteiger partial charge on any atom is -0.494 e. The number of anilines is 1. The largest absolute Gasteiger partial charge is 0.494 e. The van der Waals surface area contributed by atoms with Gasteiger partial charge in [-0.2, -0.15) is 5.10 Å². The van der Waals surface area contributed by atoms with Gasteiger partial charge in [-0.15, -0.1) is 0 Å². The van der Waals surface area contributed by atoms with Crippen LogP contribution in [-0.2, 0) is 20.5 Å². The van der Waals surface area contributed by atoms with Gasteiger partial charge in [-0.1, -0.05) is 41.4 Å². The first-order valence-corrected chi connectivity index (χ1v) is 17.4. The van der Waals surface area contributed by atoms with Crippen molar-refractivity contribution in [1.29, 1.82) is 0 Å². The van der Waals surface area contributed by atoms with Crippen LogP contribution in [0.1, 0.15) is 68.3 Å². The average Bonchev–Trinajstić information content (AvgIpc) is 3.68. The Morgan fingerprint density at radius 3 is 2.38 bits per heavy atom. The number of halogens is 2. The van der Waals surface area contributed by atoms with Crippen LogP contribution in [0.5, 0.6) is 5.75 Å². The fourth-order valence-corrected chi connectivity index (χ4v) is 8.13. The number of carboxylic acids is 1. The molecule has 0 radical (unpaired) electrons. The van der Waals surface area contributed by atoms with Crippen molar-refractivity contribution < 1.29 is 19.4 Å². The van der Waals surface area contributed by atoms with Crippen molar-refractivity contribution >= 4 is 62.6 Å². The zero-order valence-corrected chi connectivity index (χ0v) is 30.7. The van der Waals surface area contributed by atoms with Gasteiger partial charge in [-0.05, 0) is 88.4 Å². The molecule has 7 rings (SSSR count). The first-order valence-electron chi connectivity index (χ1n) is 16.7. The van der Waals surface area contributed by atoms with Gasteiger partial charge >= 0.3 is 5.97 Å². The van der Waals surface area contributed by atoms with E-state index in [1.54, 1.807) is 21.7 Å². The molecule has 1 unspecified atom stereocenters. The number of carboxylic acid groups (broad SMARTS) is 1. The van der Waals surface area contributed by atoms with Crippen LogP contribution in [0.3, 0.4) is 0 Å². The molecule has 1 atom stereocenters. The number of carbonyl (C=O) groups excluding carboxylic acids is 1. The molecule has 1 aliphatic heterocycles. The summed E-state index contributed by atoms with van der Waals surface area (Å²) in [5.74, 6) is -0.395. The van der Waals surface area contributed by atoms with Gasteiger partial charge in [0.15, 0.2) is 0 Å². The third-order valence-corrected chi connectivity index (χ3v) is 11.0. The number of amides is 1. The Kier molecular flexibility index (Phi) is 8.47. The van der Waals surface area contributed by atoms with Crippen molar-refractivity contribution in [2.75, 3.05) is 18.1 Å². The van der Waals surface area contributed by atoms with E-state index in [1.807, 2.05) is 82.9 Å². The summed E-state index contributed by atoms with van der Waals surface area (Å²) in [4.78, 5) is 28.9. The van der Waals surface area contributed by atoms with Crippen molar-refractivity contribution in [3.8, 4) is 16.9 Å². The summed E-state index contributed by atoms with van der Waals surface area (Å²) in [5.41, 5.74) is 9.61. The minimum atomic E-state index is -1.01. The molecule has 258 valence electrons. The van der Waals surface area contributed by atoms with Crippen LogP contribution >= 0.6 is 23.2 Å². The lowest BCUT2D eigenvalue weighted by Crippen LogP contribution is -2.43. The zero-order valence-electron chi connectivity index (χ0n) is 29.2. The van der Waals surface area contributed by atoms with Gasteiger partial charge in [0.25, 0.3) is 5.91 Å². The third-order valence-electron chi connectivity index (χ3n) is 10.1. The molecule has 0 fully saturated rings. The highest BCUT2D eigenvalue weighted by Crippen LogP contribution is 2.45. The van der Waals surface area contributed by atoms with Crippen LogP contribution < -0.4 is 9.64 Å². The second-order valence-electron chi connectivity index (χ2n) is 13.4. The average molecular weight is 713 g/mol. The highest BCUT2D eigenvalue weighted by molar-refractivity contribution is 6.35. The van der Waals surface area contributed by atoms with Crippen LogP contribution in [0, 0.1) is 27.7 Å². The third kappa shape index (κ3) is 5.26. The molecular weight excluding hydrogens is 673 g/mol. The summed E-state index contributed by atoms with van der Waals surface area (Å²) >= 11 is 13.5. The smallest absolute Gasteiger partial charge is 0.337 e. The second-order valence-corrected chi connectivity index (χ2v) is 14.2. The fraction of sp³-hybridized carbons (Fsp3) is 0.308. The first-order chi connectivity index (χ1) is 23.8. The van der Waals surface area contributed by atoms with E-state index in [1.165, 1.54) is 0 Å². The van der Waals surface area contributed by atoms with Crippen molar-refractivity contribution in [2.24, 2.45) is 14.1 Å². The quantitative estimate of drug-likeness (QED) is 0.159. The molecule has 1 N–H and O–H groups in total. The SMILES string of the molecule is Cc1cc(OCCCc2c3n(c4c(-c5c(C)nn(C)c5C)c(Cl)ccc24)C(C)CN(c2cccc4c(C(=O)O)cn(C)c24)C3=O)cc(C)c1Cl. The molecule has 1 aliphatic rings. The van der Waals surface area contributed by atoms with Gasteiger partial charge in [0.05, 0.1) is 39.6 Å². The Labute approximate surface area is 300 Å². The maximum atomic E-state index is 15.0. The van der Waals surface area contributed by atoms with E-state index in [0.717, 1.165) is 60.9 Å². The maximum Gasteiger partial charge on any atom is 0.337 e. The number of aromatic nitrogens is 4. The minimum absolute atomic E-state index is 0.140. The van der Waals surface area contributed by atoms with Crippen molar-refractivity contribution in [3.63, 3.8) is 0 Å². The van der Waals surface area contributed by atoms with Gasteiger partial charge in [-0.25, -0.2) is 4.79 Å². The summed E-state index contributed by atoms with van der Waals surface area (Å²) in [5, 5.41) is 17.5. The molecule has 0 spiro atoms. The summed E-state index contributed by atoms with van der Waals surface area (Å²) in [6.45, 7) is 10.9. The van der Waals surface area contributed by atoms with E-state index < -0.39 is 5.97 Å². The number of benzene rings is 3. The molecule has 0 aliphatic carbocycles. The molecule has 4 heterocycles. The van der Waals surface area contributed by atoms with E-state index in [4.69, 9.17) is 33.0 Å². The van der Waals surface area contributed by atoms with E-state index in [9.17, 15) is 14.7 Å². The molecule has 0 saturated heterocycles. The van der Waals surface area contributed by atoms with Crippen LogP contribution in [0.25, 0.3) is 32.9 Å². The summed E-state index contributed by atoms with van der Waals surface area (Å²) in [7, 11) is 3.74. The van der Waals surface area contributed by atoms with Gasteiger partial charge in [-0.3, -0.25) is 9.48 Å². The van der Waals surface area contributed by atoms with Gasteiger partial charge < -0.3 is 23.9 Å². The fourth-order valence-electron chi connectivity index (χ4n) is 7.77. The van der Waals surface area contributed by atoms with Crippen LogP contribution in [-0.4, -0.2) is 49.0 Å². The van der Waals surface area contributed by atoms with E-state index >= 15 is 0 Å².